The van der Waals surface area contributed by atoms with E-state index < -0.39 is 6.29 Å². The zero-order valence-electron chi connectivity index (χ0n) is 25.9. The van der Waals surface area contributed by atoms with Gasteiger partial charge < -0.3 is 24.8 Å². The van der Waals surface area contributed by atoms with Crippen molar-refractivity contribution in [2.75, 3.05) is 19.6 Å². The van der Waals surface area contributed by atoms with Gasteiger partial charge in [0.2, 0.25) is 0 Å². The molecule has 6 heteroatoms. The lowest BCUT2D eigenvalue weighted by Crippen LogP contribution is -2.40. The van der Waals surface area contributed by atoms with E-state index in [9.17, 15) is 9.90 Å². The van der Waals surface area contributed by atoms with E-state index in [0.717, 1.165) is 59.4 Å². The summed E-state index contributed by atoms with van der Waals surface area (Å²) in [4.78, 5) is 15.3. The van der Waals surface area contributed by atoms with Gasteiger partial charge in [-0.3, -0.25) is 4.79 Å². The Balaban J connectivity index is 1.18. The highest BCUT2D eigenvalue weighted by Gasteiger charge is 2.33. The Hall–Kier alpha value is -3.81. The van der Waals surface area contributed by atoms with Gasteiger partial charge in [0.1, 0.15) is 0 Å². The third-order valence-corrected chi connectivity index (χ3v) is 9.01. The number of amides is 1. The first-order chi connectivity index (χ1) is 22.2. The summed E-state index contributed by atoms with van der Waals surface area (Å²) in [6, 6.07) is 34.0. The zero-order chi connectivity index (χ0) is 30.8. The standard InChI is InChI=1S/C39H44N2O4/c42-28-29-15-17-31(18-16-29)37-25-35(27-41-23-9-2-1-3-10-24-41)44-39(45-37)33-21-19-30(20-22-33)36-14-8-7-13-34(36)26-40-38(43)32-11-5-4-6-12-32/h4-8,11-22,35,37,39,42H,1-3,9-10,23-28H2,(H,40,43)/t35-,37+,39+/m0/s1. The lowest BCUT2D eigenvalue weighted by molar-refractivity contribution is -0.253. The Morgan fingerprint density at radius 3 is 2.16 bits per heavy atom. The van der Waals surface area contributed by atoms with Crippen molar-refractivity contribution in [1.29, 1.82) is 0 Å². The van der Waals surface area contributed by atoms with E-state index >= 15 is 0 Å². The van der Waals surface area contributed by atoms with Crippen molar-refractivity contribution in [2.24, 2.45) is 0 Å². The van der Waals surface area contributed by atoms with Gasteiger partial charge in [0, 0.05) is 30.6 Å². The number of likely N-dealkylation sites (tertiary alicyclic amines) is 1. The quantitative estimate of drug-likeness (QED) is 0.206. The molecule has 0 bridgehead atoms. The molecule has 3 atom stereocenters. The summed E-state index contributed by atoms with van der Waals surface area (Å²) >= 11 is 0. The summed E-state index contributed by atoms with van der Waals surface area (Å²) in [5.74, 6) is -0.0850. The zero-order valence-corrected chi connectivity index (χ0v) is 25.9. The molecule has 0 spiro atoms. The highest BCUT2D eigenvalue weighted by atomic mass is 16.7. The van der Waals surface area contributed by atoms with Crippen LogP contribution in [0, 0.1) is 0 Å². The molecule has 4 aromatic carbocycles. The number of aliphatic hydroxyl groups is 1. The normalized spacial score (nSPS) is 21.0. The number of rotatable bonds is 9. The van der Waals surface area contributed by atoms with Crippen molar-refractivity contribution >= 4 is 5.91 Å². The van der Waals surface area contributed by atoms with Crippen LogP contribution in [0.3, 0.4) is 0 Å². The van der Waals surface area contributed by atoms with Crippen LogP contribution < -0.4 is 5.32 Å². The Labute approximate surface area is 267 Å². The smallest absolute Gasteiger partial charge is 0.251 e. The van der Waals surface area contributed by atoms with Crippen LogP contribution >= 0.6 is 0 Å². The summed E-state index contributed by atoms with van der Waals surface area (Å²) in [6.45, 7) is 3.63. The van der Waals surface area contributed by atoms with Gasteiger partial charge >= 0.3 is 0 Å². The molecular weight excluding hydrogens is 560 g/mol. The van der Waals surface area contributed by atoms with Crippen LogP contribution in [0.25, 0.3) is 11.1 Å². The summed E-state index contributed by atoms with van der Waals surface area (Å²) in [6.07, 6.45) is 6.74. The minimum Gasteiger partial charge on any atom is -0.392 e. The summed E-state index contributed by atoms with van der Waals surface area (Å²) in [7, 11) is 0. The number of aliphatic hydroxyl groups excluding tert-OH is 1. The SMILES string of the molecule is O=C(NCc1ccccc1-c1ccc([C@@H]2O[C@H](CN3CCCCCCC3)C[C@H](c3ccc(CO)cc3)O2)cc1)c1ccccc1. The number of nitrogens with zero attached hydrogens (tertiary/aromatic N) is 1. The van der Waals surface area contributed by atoms with Gasteiger partial charge in [0.15, 0.2) is 6.29 Å². The number of hydrogen-bond acceptors (Lipinski definition) is 5. The molecule has 6 rings (SSSR count). The first-order valence-electron chi connectivity index (χ1n) is 16.4. The third kappa shape index (κ3) is 8.27. The molecule has 2 N–H and O–H groups in total. The molecule has 0 saturated carbocycles. The summed E-state index contributed by atoms with van der Waals surface area (Å²) < 4.78 is 13.3. The maximum atomic E-state index is 12.7. The first-order valence-corrected chi connectivity index (χ1v) is 16.4. The molecule has 2 fully saturated rings. The fraction of sp³-hybridized carbons (Fsp3) is 0.359. The Bertz CT molecular complexity index is 1500. The maximum Gasteiger partial charge on any atom is 0.251 e. The number of carbonyl (C=O) groups excluding carboxylic acids is 1. The first kappa shape index (κ1) is 31.2. The molecular formula is C39H44N2O4. The van der Waals surface area contributed by atoms with Crippen LogP contribution in [0.4, 0.5) is 0 Å². The molecule has 0 radical (unpaired) electrons. The van der Waals surface area contributed by atoms with Gasteiger partial charge in [-0.15, -0.1) is 0 Å². The van der Waals surface area contributed by atoms with Crippen LogP contribution in [0.5, 0.6) is 0 Å². The lowest BCUT2D eigenvalue weighted by atomic mass is 9.97. The Morgan fingerprint density at radius 2 is 1.42 bits per heavy atom. The highest BCUT2D eigenvalue weighted by molar-refractivity contribution is 5.94. The van der Waals surface area contributed by atoms with E-state index in [4.69, 9.17) is 9.47 Å². The minimum atomic E-state index is -0.476. The third-order valence-electron chi connectivity index (χ3n) is 9.01. The summed E-state index contributed by atoms with van der Waals surface area (Å²) in [5.41, 5.74) is 6.87. The second-order valence-corrected chi connectivity index (χ2v) is 12.2. The number of hydrogen-bond donors (Lipinski definition) is 2. The molecule has 2 aliphatic rings. The van der Waals surface area contributed by atoms with Crippen LogP contribution in [0.1, 0.15) is 83.5 Å². The molecule has 0 aromatic heterocycles. The molecule has 1 amide bonds. The van der Waals surface area contributed by atoms with E-state index in [1.54, 1.807) is 0 Å². The van der Waals surface area contributed by atoms with Gasteiger partial charge in [0.25, 0.3) is 5.91 Å². The Kier molecular flexibility index (Phi) is 10.7. The molecule has 45 heavy (non-hydrogen) atoms. The lowest BCUT2D eigenvalue weighted by Gasteiger charge is -2.39. The number of benzene rings is 4. The van der Waals surface area contributed by atoms with Gasteiger partial charge in [-0.05, 0) is 65.9 Å². The van der Waals surface area contributed by atoms with E-state index in [0.29, 0.717) is 12.1 Å². The van der Waals surface area contributed by atoms with Crippen molar-refractivity contribution in [3.05, 3.63) is 131 Å². The van der Waals surface area contributed by atoms with E-state index in [2.05, 4.69) is 58.7 Å². The second-order valence-electron chi connectivity index (χ2n) is 12.2. The molecule has 4 aromatic rings. The van der Waals surface area contributed by atoms with Gasteiger partial charge in [-0.1, -0.05) is 110 Å². The predicted molar refractivity (Wildman–Crippen MR) is 177 cm³/mol. The second kappa shape index (κ2) is 15.5. The number of nitrogens with one attached hydrogen (secondary N) is 1. The molecule has 2 aliphatic heterocycles. The van der Waals surface area contributed by atoms with Crippen LogP contribution in [0.15, 0.2) is 103 Å². The Morgan fingerprint density at radius 1 is 0.756 bits per heavy atom. The van der Waals surface area contributed by atoms with Crippen molar-refractivity contribution in [3.63, 3.8) is 0 Å². The molecule has 6 nitrogen and oxygen atoms in total. The monoisotopic (exact) mass is 604 g/mol. The van der Waals surface area contributed by atoms with Crippen molar-refractivity contribution in [1.82, 2.24) is 10.2 Å². The average molecular weight is 605 g/mol. The van der Waals surface area contributed by atoms with Crippen LogP contribution in [0.2, 0.25) is 0 Å². The van der Waals surface area contributed by atoms with Crippen molar-refractivity contribution in [3.8, 4) is 11.1 Å². The van der Waals surface area contributed by atoms with E-state index in [-0.39, 0.29) is 24.7 Å². The van der Waals surface area contributed by atoms with Crippen molar-refractivity contribution < 1.29 is 19.4 Å². The van der Waals surface area contributed by atoms with E-state index in [1.165, 1.54) is 32.1 Å². The number of ether oxygens (including phenoxy) is 2. The largest absolute Gasteiger partial charge is 0.392 e. The topological polar surface area (TPSA) is 71.0 Å². The average Bonchev–Trinajstić information content (AvgIpc) is 3.09. The van der Waals surface area contributed by atoms with Gasteiger partial charge in [-0.25, -0.2) is 0 Å². The van der Waals surface area contributed by atoms with Gasteiger partial charge in [0.05, 0.1) is 18.8 Å². The molecule has 2 saturated heterocycles. The van der Waals surface area contributed by atoms with Gasteiger partial charge in [-0.2, -0.15) is 0 Å². The van der Waals surface area contributed by atoms with Crippen molar-refractivity contribution in [2.45, 2.75) is 70.2 Å². The molecule has 2 heterocycles. The maximum absolute atomic E-state index is 12.7. The van der Waals surface area contributed by atoms with Crippen LogP contribution in [-0.4, -0.2) is 41.7 Å². The fourth-order valence-corrected chi connectivity index (χ4v) is 6.46. The number of carbonyl (C=O) groups is 1. The van der Waals surface area contributed by atoms with Crippen LogP contribution in [-0.2, 0) is 22.6 Å². The summed E-state index contributed by atoms with van der Waals surface area (Å²) in [5, 5.41) is 12.6. The predicted octanol–water partition coefficient (Wildman–Crippen LogP) is 7.59. The molecule has 0 unspecified atom stereocenters. The van der Waals surface area contributed by atoms with E-state index in [1.807, 2.05) is 54.6 Å². The minimum absolute atomic E-state index is 0.0317. The fourth-order valence-electron chi connectivity index (χ4n) is 6.46. The highest BCUT2D eigenvalue weighted by Crippen LogP contribution is 2.39. The molecule has 0 aliphatic carbocycles. The molecule has 234 valence electrons.